The van der Waals surface area contributed by atoms with Crippen molar-refractivity contribution in [3.63, 3.8) is 0 Å². The Balaban J connectivity index is 1.17. The molecule has 6 nitrogen and oxygen atoms in total. The molecule has 192 valence electrons. The second-order valence-electron chi connectivity index (χ2n) is 11.1. The summed E-state index contributed by atoms with van der Waals surface area (Å²) >= 11 is 0. The summed E-state index contributed by atoms with van der Waals surface area (Å²) in [6.45, 7) is 6.24. The van der Waals surface area contributed by atoms with E-state index in [4.69, 9.17) is 4.98 Å². The van der Waals surface area contributed by atoms with Crippen molar-refractivity contribution in [2.24, 2.45) is 5.92 Å². The van der Waals surface area contributed by atoms with Gasteiger partial charge in [-0.3, -0.25) is 14.5 Å². The van der Waals surface area contributed by atoms with Crippen LogP contribution in [0.1, 0.15) is 76.1 Å². The highest BCUT2D eigenvalue weighted by Gasteiger charge is 2.38. The predicted octanol–water partition coefficient (Wildman–Crippen LogP) is 5.08. The van der Waals surface area contributed by atoms with E-state index in [2.05, 4.69) is 41.4 Å². The van der Waals surface area contributed by atoms with Crippen LogP contribution >= 0.6 is 0 Å². The minimum atomic E-state index is -0.0786. The molecule has 6 rings (SSSR count). The summed E-state index contributed by atoms with van der Waals surface area (Å²) in [7, 11) is 0. The number of rotatable bonds is 6. The van der Waals surface area contributed by atoms with Gasteiger partial charge in [0.2, 0.25) is 0 Å². The highest BCUT2D eigenvalue weighted by molar-refractivity contribution is 6.11. The van der Waals surface area contributed by atoms with Gasteiger partial charge in [0.15, 0.2) is 0 Å². The number of fused-ring (bicyclic) bond motifs is 2. The number of likely N-dealkylation sites (tertiary alicyclic amines) is 1. The first-order valence-corrected chi connectivity index (χ1v) is 13.9. The number of aromatic nitrogens is 1. The number of carbonyl (C=O) groups excluding carboxylic acids is 2. The molecular formula is C31H36N4O2. The molecule has 2 aliphatic heterocycles. The quantitative estimate of drug-likeness (QED) is 0.517. The molecule has 0 spiro atoms. The fourth-order valence-electron chi connectivity index (χ4n) is 6.41. The lowest BCUT2D eigenvalue weighted by molar-refractivity contribution is 0.0655. The van der Waals surface area contributed by atoms with E-state index in [9.17, 15) is 9.59 Å². The minimum Gasteiger partial charge on any atom is -0.352 e. The van der Waals surface area contributed by atoms with E-state index >= 15 is 0 Å². The maximum atomic E-state index is 13.7. The molecule has 3 heterocycles. The lowest BCUT2D eigenvalue weighted by Crippen LogP contribution is -2.37. The van der Waals surface area contributed by atoms with E-state index < -0.39 is 0 Å². The van der Waals surface area contributed by atoms with Gasteiger partial charge in [0.05, 0.1) is 11.1 Å². The Bertz CT molecular complexity index is 1310. The number of carbonyl (C=O) groups is 2. The fraction of sp³-hybridized carbons (Fsp3) is 0.452. The Hall–Kier alpha value is -3.25. The summed E-state index contributed by atoms with van der Waals surface area (Å²) in [5, 5.41) is 4.08. The normalized spacial score (nSPS) is 20.5. The summed E-state index contributed by atoms with van der Waals surface area (Å²) in [4.78, 5) is 36.3. The standard InChI is InChI=1S/C31H36N4O2/c1-21-11-13-22(14-12-21)18-34-16-15-23(19-34)17-32-30(36)28-25-9-5-6-10-27(25)33-29-26(28)20-35(31(29)37)24-7-3-2-4-8-24/h5-6,9-14,23-24H,2-4,7-8,15-20H2,1H3,(H,32,36)/t23-/m0/s1. The molecule has 1 aliphatic carbocycles. The van der Waals surface area contributed by atoms with Gasteiger partial charge in [-0.2, -0.15) is 0 Å². The summed E-state index contributed by atoms with van der Waals surface area (Å²) in [6, 6.07) is 16.7. The first-order chi connectivity index (χ1) is 18.1. The molecule has 0 radical (unpaired) electrons. The van der Waals surface area contributed by atoms with Crippen LogP contribution in [0.15, 0.2) is 48.5 Å². The van der Waals surface area contributed by atoms with Gasteiger partial charge in [-0.15, -0.1) is 0 Å². The summed E-state index contributed by atoms with van der Waals surface area (Å²) < 4.78 is 0. The number of hydrogen-bond acceptors (Lipinski definition) is 4. The Kier molecular flexibility index (Phi) is 6.68. The van der Waals surface area contributed by atoms with Crippen molar-refractivity contribution in [1.82, 2.24) is 20.1 Å². The average Bonchev–Trinajstić information content (AvgIpc) is 3.51. The minimum absolute atomic E-state index is 0.00996. The molecule has 3 aliphatic rings. The maximum absolute atomic E-state index is 13.7. The fourth-order valence-corrected chi connectivity index (χ4v) is 6.41. The first kappa shape index (κ1) is 24.1. The molecule has 2 amide bonds. The van der Waals surface area contributed by atoms with E-state index in [0.717, 1.165) is 68.2 Å². The molecule has 1 saturated carbocycles. The smallest absolute Gasteiger partial charge is 0.273 e. The lowest BCUT2D eigenvalue weighted by Gasteiger charge is -2.30. The van der Waals surface area contributed by atoms with Gasteiger partial charge in [-0.25, -0.2) is 4.98 Å². The first-order valence-electron chi connectivity index (χ1n) is 13.9. The van der Waals surface area contributed by atoms with E-state index in [1.807, 2.05) is 29.2 Å². The molecule has 1 saturated heterocycles. The molecule has 2 fully saturated rings. The largest absolute Gasteiger partial charge is 0.352 e. The number of aryl methyl sites for hydroxylation is 1. The number of nitrogens with zero attached hydrogens (tertiary/aromatic N) is 3. The van der Waals surface area contributed by atoms with E-state index in [1.165, 1.54) is 17.5 Å². The van der Waals surface area contributed by atoms with Crippen LogP contribution in [0.4, 0.5) is 0 Å². The third kappa shape index (κ3) is 4.87. The van der Waals surface area contributed by atoms with Crippen molar-refractivity contribution in [2.75, 3.05) is 19.6 Å². The van der Waals surface area contributed by atoms with Gasteiger partial charge in [0, 0.05) is 43.2 Å². The zero-order valence-electron chi connectivity index (χ0n) is 21.7. The SMILES string of the molecule is Cc1ccc(CN2CC[C@@H](CNC(=O)c3c4c(nc5ccccc35)C(=O)N(C3CCCCC3)C4)C2)cc1. The van der Waals surface area contributed by atoms with Crippen molar-refractivity contribution in [2.45, 2.75) is 64.6 Å². The average molecular weight is 497 g/mol. The summed E-state index contributed by atoms with van der Waals surface area (Å²) in [6.07, 6.45) is 6.73. The molecule has 1 aromatic heterocycles. The van der Waals surface area contributed by atoms with Gasteiger partial charge in [-0.1, -0.05) is 67.3 Å². The molecular weight excluding hydrogens is 460 g/mol. The zero-order chi connectivity index (χ0) is 25.4. The van der Waals surface area contributed by atoms with Crippen LogP contribution < -0.4 is 5.32 Å². The Labute approximate surface area is 219 Å². The Morgan fingerprint density at radius 3 is 2.62 bits per heavy atom. The van der Waals surface area contributed by atoms with Crippen LogP contribution in [0, 0.1) is 12.8 Å². The maximum Gasteiger partial charge on any atom is 0.273 e. The number of benzene rings is 2. The second kappa shape index (κ2) is 10.3. The third-order valence-corrected chi connectivity index (χ3v) is 8.48. The van der Waals surface area contributed by atoms with Crippen molar-refractivity contribution in [3.05, 3.63) is 76.5 Å². The van der Waals surface area contributed by atoms with Crippen molar-refractivity contribution in [3.8, 4) is 0 Å². The van der Waals surface area contributed by atoms with Crippen molar-refractivity contribution >= 4 is 22.7 Å². The van der Waals surface area contributed by atoms with Gasteiger partial charge in [0.25, 0.3) is 11.8 Å². The number of nitrogens with one attached hydrogen (secondary N) is 1. The van der Waals surface area contributed by atoms with Crippen LogP contribution in [0.25, 0.3) is 10.9 Å². The van der Waals surface area contributed by atoms with Crippen LogP contribution in [0.2, 0.25) is 0 Å². The number of hydrogen-bond donors (Lipinski definition) is 1. The summed E-state index contributed by atoms with van der Waals surface area (Å²) in [5.74, 6) is 0.338. The van der Waals surface area contributed by atoms with Crippen LogP contribution in [-0.2, 0) is 13.1 Å². The monoisotopic (exact) mass is 496 g/mol. The van der Waals surface area contributed by atoms with Crippen LogP contribution in [0.3, 0.4) is 0 Å². The molecule has 2 aromatic carbocycles. The highest BCUT2D eigenvalue weighted by atomic mass is 16.2. The molecule has 37 heavy (non-hydrogen) atoms. The van der Waals surface area contributed by atoms with E-state index in [-0.39, 0.29) is 17.9 Å². The number of pyridine rings is 1. The molecule has 6 heteroatoms. The van der Waals surface area contributed by atoms with Crippen LogP contribution in [0.5, 0.6) is 0 Å². The molecule has 3 aromatic rings. The number of para-hydroxylation sites is 1. The summed E-state index contributed by atoms with van der Waals surface area (Å²) in [5.41, 5.74) is 5.25. The van der Waals surface area contributed by atoms with Crippen LogP contribution in [-0.4, -0.2) is 52.3 Å². The van der Waals surface area contributed by atoms with Gasteiger partial charge >= 0.3 is 0 Å². The van der Waals surface area contributed by atoms with Gasteiger partial charge < -0.3 is 10.2 Å². The zero-order valence-corrected chi connectivity index (χ0v) is 21.7. The Morgan fingerprint density at radius 2 is 1.81 bits per heavy atom. The molecule has 1 atom stereocenters. The molecule has 0 bridgehead atoms. The van der Waals surface area contributed by atoms with Crippen molar-refractivity contribution in [1.29, 1.82) is 0 Å². The predicted molar refractivity (Wildman–Crippen MR) is 145 cm³/mol. The van der Waals surface area contributed by atoms with E-state index in [1.54, 1.807) is 0 Å². The highest BCUT2D eigenvalue weighted by Crippen LogP contribution is 2.34. The molecule has 1 N–H and O–H groups in total. The second-order valence-corrected chi connectivity index (χ2v) is 11.1. The lowest BCUT2D eigenvalue weighted by atomic mass is 9.94. The third-order valence-electron chi connectivity index (χ3n) is 8.48. The topological polar surface area (TPSA) is 65.5 Å². The van der Waals surface area contributed by atoms with Gasteiger partial charge in [-0.05, 0) is 50.3 Å². The number of amides is 2. The molecule has 0 unspecified atom stereocenters. The van der Waals surface area contributed by atoms with Gasteiger partial charge in [0.1, 0.15) is 5.69 Å². The van der Waals surface area contributed by atoms with E-state index in [0.29, 0.717) is 30.3 Å². The Morgan fingerprint density at radius 1 is 1.03 bits per heavy atom. The van der Waals surface area contributed by atoms with Crippen molar-refractivity contribution < 1.29 is 9.59 Å².